The molecule has 1 aromatic carbocycles. The van der Waals surface area contributed by atoms with E-state index in [1.54, 1.807) is 12.1 Å². The van der Waals surface area contributed by atoms with E-state index in [-0.39, 0.29) is 16.7 Å². The third kappa shape index (κ3) is 4.13. The first-order chi connectivity index (χ1) is 10.1. The number of nitrogen functional groups attached to an aromatic ring is 1. The number of nitrogens with one attached hydrogen (secondary N) is 1. The van der Waals surface area contributed by atoms with Gasteiger partial charge in [-0.05, 0) is 37.9 Å². The number of piperidine rings is 1. The standard InChI is InChI=1S/C14H22N4O3/c1-2-21-13-4-3-7-17(10-13)9-11-8-12(18(19)20)5-6-14(11)16-15/h5-6,8,13,16H,2-4,7,9-10,15H2,1H3. The maximum atomic E-state index is 10.9. The number of nitro benzene ring substituents is 1. The Kier molecular flexibility index (Phi) is 5.49. The van der Waals surface area contributed by atoms with E-state index in [2.05, 4.69) is 10.3 Å². The quantitative estimate of drug-likeness (QED) is 0.472. The summed E-state index contributed by atoms with van der Waals surface area (Å²) in [5, 5.41) is 10.9. The summed E-state index contributed by atoms with van der Waals surface area (Å²) >= 11 is 0. The lowest BCUT2D eigenvalue weighted by Gasteiger charge is -2.32. The zero-order valence-electron chi connectivity index (χ0n) is 12.2. The van der Waals surface area contributed by atoms with Gasteiger partial charge in [0.15, 0.2) is 0 Å². The molecule has 1 aliphatic rings. The molecule has 7 nitrogen and oxygen atoms in total. The number of non-ortho nitro benzene ring substituents is 1. The van der Waals surface area contributed by atoms with Gasteiger partial charge in [-0.25, -0.2) is 0 Å². The molecule has 1 unspecified atom stereocenters. The van der Waals surface area contributed by atoms with Crippen molar-refractivity contribution in [3.05, 3.63) is 33.9 Å². The van der Waals surface area contributed by atoms with Gasteiger partial charge in [0.1, 0.15) is 0 Å². The van der Waals surface area contributed by atoms with Crippen molar-refractivity contribution < 1.29 is 9.66 Å². The van der Waals surface area contributed by atoms with E-state index in [9.17, 15) is 10.1 Å². The van der Waals surface area contributed by atoms with E-state index in [1.807, 2.05) is 6.92 Å². The van der Waals surface area contributed by atoms with Crippen molar-refractivity contribution in [3.8, 4) is 0 Å². The van der Waals surface area contributed by atoms with Crippen LogP contribution in [0.15, 0.2) is 18.2 Å². The van der Waals surface area contributed by atoms with Crippen LogP contribution in [0.4, 0.5) is 11.4 Å². The van der Waals surface area contributed by atoms with Crippen LogP contribution < -0.4 is 11.3 Å². The molecule has 1 aromatic rings. The Morgan fingerprint density at radius 3 is 3.05 bits per heavy atom. The number of hydrogen-bond acceptors (Lipinski definition) is 6. The lowest BCUT2D eigenvalue weighted by Crippen LogP contribution is -2.39. The third-order valence-corrected chi connectivity index (χ3v) is 3.71. The Balaban J connectivity index is 2.10. The summed E-state index contributed by atoms with van der Waals surface area (Å²) in [4.78, 5) is 12.8. The van der Waals surface area contributed by atoms with Gasteiger partial charge in [-0.15, -0.1) is 0 Å². The minimum atomic E-state index is -0.386. The van der Waals surface area contributed by atoms with Crippen molar-refractivity contribution in [3.63, 3.8) is 0 Å². The number of nitrogens with zero attached hydrogens (tertiary/aromatic N) is 2. The number of likely N-dealkylation sites (tertiary alicyclic amines) is 1. The molecule has 3 N–H and O–H groups in total. The van der Waals surface area contributed by atoms with Crippen LogP contribution in [0.3, 0.4) is 0 Å². The molecule has 1 fully saturated rings. The molecule has 0 spiro atoms. The van der Waals surface area contributed by atoms with Crippen LogP contribution >= 0.6 is 0 Å². The van der Waals surface area contributed by atoms with E-state index in [0.29, 0.717) is 13.2 Å². The van der Waals surface area contributed by atoms with Crippen LogP contribution in [-0.4, -0.2) is 35.6 Å². The number of anilines is 1. The molecule has 1 heterocycles. The fraction of sp³-hybridized carbons (Fsp3) is 0.571. The minimum Gasteiger partial charge on any atom is -0.377 e. The maximum Gasteiger partial charge on any atom is 0.269 e. The van der Waals surface area contributed by atoms with Crippen LogP contribution in [-0.2, 0) is 11.3 Å². The van der Waals surface area contributed by atoms with Gasteiger partial charge >= 0.3 is 0 Å². The van der Waals surface area contributed by atoms with E-state index in [0.717, 1.165) is 37.2 Å². The first kappa shape index (κ1) is 15.7. The highest BCUT2D eigenvalue weighted by molar-refractivity contribution is 5.55. The molecule has 7 heteroatoms. The van der Waals surface area contributed by atoms with E-state index in [1.165, 1.54) is 6.07 Å². The summed E-state index contributed by atoms with van der Waals surface area (Å²) in [5.41, 5.74) is 4.25. The molecule has 1 atom stereocenters. The fourth-order valence-electron chi connectivity index (χ4n) is 2.73. The molecule has 0 bridgehead atoms. The number of nitrogens with two attached hydrogens (primary N) is 1. The molecule has 0 aromatic heterocycles. The number of hydrogen-bond donors (Lipinski definition) is 2. The molecule has 0 saturated carbocycles. The molecule has 1 saturated heterocycles. The highest BCUT2D eigenvalue weighted by atomic mass is 16.6. The number of benzene rings is 1. The summed E-state index contributed by atoms with van der Waals surface area (Å²) in [6, 6.07) is 4.69. The molecule has 116 valence electrons. The molecule has 0 amide bonds. The van der Waals surface area contributed by atoms with Crippen molar-refractivity contribution in [2.24, 2.45) is 5.84 Å². The van der Waals surface area contributed by atoms with Gasteiger partial charge in [-0.2, -0.15) is 0 Å². The second-order valence-electron chi connectivity index (χ2n) is 5.20. The SMILES string of the molecule is CCOC1CCCN(Cc2cc([N+](=O)[O-])ccc2NN)C1. The Labute approximate surface area is 124 Å². The van der Waals surface area contributed by atoms with Crippen LogP contribution in [0.5, 0.6) is 0 Å². The number of nitro groups is 1. The molecule has 0 aliphatic carbocycles. The largest absolute Gasteiger partial charge is 0.377 e. The van der Waals surface area contributed by atoms with Gasteiger partial charge < -0.3 is 10.2 Å². The van der Waals surface area contributed by atoms with Gasteiger partial charge in [-0.1, -0.05) is 0 Å². The van der Waals surface area contributed by atoms with Crippen molar-refractivity contribution in [2.75, 3.05) is 25.1 Å². The molecular formula is C14H22N4O3. The monoisotopic (exact) mass is 294 g/mol. The fourth-order valence-corrected chi connectivity index (χ4v) is 2.73. The Hall–Kier alpha value is -1.70. The lowest BCUT2D eigenvalue weighted by molar-refractivity contribution is -0.384. The molecule has 21 heavy (non-hydrogen) atoms. The van der Waals surface area contributed by atoms with Crippen LogP contribution in [0.1, 0.15) is 25.3 Å². The third-order valence-electron chi connectivity index (χ3n) is 3.71. The average molecular weight is 294 g/mol. The molecule has 2 rings (SSSR count). The highest BCUT2D eigenvalue weighted by Crippen LogP contribution is 2.24. The van der Waals surface area contributed by atoms with Crippen LogP contribution in [0, 0.1) is 10.1 Å². The first-order valence-electron chi connectivity index (χ1n) is 7.22. The van der Waals surface area contributed by atoms with Crippen molar-refractivity contribution in [1.29, 1.82) is 0 Å². The maximum absolute atomic E-state index is 10.9. The van der Waals surface area contributed by atoms with Crippen LogP contribution in [0.2, 0.25) is 0 Å². The average Bonchev–Trinajstić information content (AvgIpc) is 2.48. The van der Waals surface area contributed by atoms with E-state index in [4.69, 9.17) is 10.6 Å². The Bertz CT molecular complexity index is 493. The summed E-state index contributed by atoms with van der Waals surface area (Å²) in [6.45, 7) is 5.16. The summed E-state index contributed by atoms with van der Waals surface area (Å²) in [5.74, 6) is 5.49. The summed E-state index contributed by atoms with van der Waals surface area (Å²) in [7, 11) is 0. The molecular weight excluding hydrogens is 272 g/mol. The normalized spacial score (nSPS) is 19.4. The predicted molar refractivity (Wildman–Crippen MR) is 80.8 cm³/mol. The first-order valence-corrected chi connectivity index (χ1v) is 7.22. The van der Waals surface area contributed by atoms with Crippen molar-refractivity contribution >= 4 is 11.4 Å². The van der Waals surface area contributed by atoms with Gasteiger partial charge in [0.25, 0.3) is 5.69 Å². The van der Waals surface area contributed by atoms with Crippen LogP contribution in [0.25, 0.3) is 0 Å². The van der Waals surface area contributed by atoms with E-state index < -0.39 is 0 Å². The Morgan fingerprint density at radius 2 is 2.38 bits per heavy atom. The number of hydrazine groups is 1. The number of ether oxygens (including phenoxy) is 1. The number of rotatable bonds is 6. The lowest BCUT2D eigenvalue weighted by atomic mass is 10.1. The van der Waals surface area contributed by atoms with Crippen molar-refractivity contribution in [1.82, 2.24) is 4.90 Å². The predicted octanol–water partition coefficient (Wildman–Crippen LogP) is 1.88. The second-order valence-corrected chi connectivity index (χ2v) is 5.20. The van der Waals surface area contributed by atoms with Crippen molar-refractivity contribution in [2.45, 2.75) is 32.4 Å². The summed E-state index contributed by atoms with van der Waals surface area (Å²) in [6.07, 6.45) is 2.39. The van der Waals surface area contributed by atoms with Gasteiger partial charge in [-0.3, -0.25) is 20.9 Å². The molecule has 0 radical (unpaired) electrons. The van der Waals surface area contributed by atoms with Gasteiger partial charge in [0, 0.05) is 31.8 Å². The van der Waals surface area contributed by atoms with Gasteiger partial charge in [0.05, 0.1) is 16.7 Å². The zero-order valence-corrected chi connectivity index (χ0v) is 12.2. The molecule has 1 aliphatic heterocycles. The Morgan fingerprint density at radius 1 is 1.57 bits per heavy atom. The smallest absolute Gasteiger partial charge is 0.269 e. The second kappa shape index (κ2) is 7.35. The minimum absolute atomic E-state index is 0.0855. The topological polar surface area (TPSA) is 93.7 Å². The highest BCUT2D eigenvalue weighted by Gasteiger charge is 2.21. The van der Waals surface area contributed by atoms with Gasteiger partial charge in [0.2, 0.25) is 0 Å². The summed E-state index contributed by atoms with van der Waals surface area (Å²) < 4.78 is 5.68. The van der Waals surface area contributed by atoms with E-state index >= 15 is 0 Å². The zero-order chi connectivity index (χ0) is 15.2.